The van der Waals surface area contributed by atoms with Crippen LogP contribution in [0.15, 0.2) is 48.5 Å². The van der Waals surface area contributed by atoms with Crippen LogP contribution in [0.1, 0.15) is 22.8 Å². The van der Waals surface area contributed by atoms with E-state index in [-0.39, 0.29) is 5.91 Å². The number of nitrogens with two attached hydrogens (primary N) is 1. The van der Waals surface area contributed by atoms with Crippen molar-refractivity contribution in [1.29, 1.82) is 0 Å². The lowest BCUT2D eigenvalue weighted by atomic mass is 10.0. The molecule has 0 bridgehead atoms. The van der Waals surface area contributed by atoms with Gasteiger partial charge in [-0.05, 0) is 58.5 Å². The quantitative estimate of drug-likeness (QED) is 0.587. The molecule has 2 rings (SSSR count). The molecular weight excluding hydrogens is 433 g/mol. The number of primary amides is 1. The number of amides is 3. The minimum absolute atomic E-state index is 0.191. The maximum atomic E-state index is 12.4. The van der Waals surface area contributed by atoms with Crippen molar-refractivity contribution >= 4 is 46.0 Å². The Morgan fingerprint density at radius 2 is 1.72 bits per heavy atom. The van der Waals surface area contributed by atoms with Crippen molar-refractivity contribution < 1.29 is 14.4 Å². The van der Waals surface area contributed by atoms with Gasteiger partial charge in [0.05, 0.1) is 0 Å². The predicted molar refractivity (Wildman–Crippen MR) is 104 cm³/mol. The van der Waals surface area contributed by atoms with Gasteiger partial charge >= 0.3 is 0 Å². The minimum Gasteiger partial charge on any atom is -0.368 e. The monoisotopic (exact) mass is 451 g/mol. The normalized spacial score (nSPS) is 11.4. The van der Waals surface area contributed by atoms with Crippen LogP contribution in [0.3, 0.4) is 0 Å². The number of hydrogen-bond donors (Lipinski definition) is 3. The smallest absolute Gasteiger partial charge is 0.251 e. The molecule has 0 spiro atoms. The summed E-state index contributed by atoms with van der Waals surface area (Å²) >= 11 is 2.18. The molecule has 4 N–H and O–H groups in total. The number of nitrogens with one attached hydrogen (secondary N) is 2. The average Bonchev–Trinajstić information content (AvgIpc) is 2.56. The maximum absolute atomic E-state index is 12.4. The third kappa shape index (κ3) is 5.56. The highest BCUT2D eigenvalue weighted by molar-refractivity contribution is 14.1. The fraction of sp³-hybridized carbons (Fsp3) is 0.167. The van der Waals surface area contributed by atoms with Crippen molar-refractivity contribution in [2.45, 2.75) is 19.4 Å². The molecule has 130 valence electrons. The average molecular weight is 451 g/mol. The number of rotatable bonds is 6. The van der Waals surface area contributed by atoms with Crippen LogP contribution in [0.5, 0.6) is 0 Å². The van der Waals surface area contributed by atoms with Crippen LogP contribution in [0, 0.1) is 3.57 Å². The summed E-state index contributed by atoms with van der Waals surface area (Å²) in [5, 5.41) is 5.29. The van der Waals surface area contributed by atoms with E-state index in [4.69, 9.17) is 5.73 Å². The minimum atomic E-state index is -0.807. The first-order valence-electron chi connectivity index (χ1n) is 7.58. The highest BCUT2D eigenvalue weighted by atomic mass is 127. The van der Waals surface area contributed by atoms with Crippen LogP contribution < -0.4 is 16.4 Å². The first-order valence-corrected chi connectivity index (χ1v) is 8.66. The first-order chi connectivity index (χ1) is 11.9. The molecule has 1 atom stereocenters. The molecule has 2 aromatic carbocycles. The van der Waals surface area contributed by atoms with E-state index < -0.39 is 17.9 Å². The van der Waals surface area contributed by atoms with Gasteiger partial charge in [-0.2, -0.15) is 0 Å². The Labute approximate surface area is 159 Å². The van der Waals surface area contributed by atoms with Gasteiger partial charge in [-0.3, -0.25) is 14.4 Å². The number of carbonyl (C=O) groups excluding carboxylic acids is 3. The molecular formula is C18H18IN3O3. The fourth-order valence-electron chi connectivity index (χ4n) is 2.26. The van der Waals surface area contributed by atoms with Gasteiger partial charge in [-0.1, -0.05) is 18.2 Å². The molecule has 0 fully saturated rings. The van der Waals surface area contributed by atoms with Crippen LogP contribution in [-0.2, 0) is 16.0 Å². The Bertz CT molecular complexity index is 790. The van der Waals surface area contributed by atoms with Crippen molar-refractivity contribution in [3.05, 3.63) is 63.2 Å². The Balaban J connectivity index is 2.08. The third-order valence-corrected chi connectivity index (χ3v) is 4.55. The molecule has 6 nitrogen and oxygen atoms in total. The number of hydrogen-bond acceptors (Lipinski definition) is 3. The van der Waals surface area contributed by atoms with Crippen LogP contribution in [0.25, 0.3) is 0 Å². The lowest BCUT2D eigenvalue weighted by Crippen LogP contribution is -2.46. The van der Waals surface area contributed by atoms with E-state index in [2.05, 4.69) is 33.2 Å². The number of carbonyl (C=O) groups is 3. The molecule has 3 amide bonds. The topological polar surface area (TPSA) is 101 Å². The highest BCUT2D eigenvalue weighted by Crippen LogP contribution is 2.14. The second kappa shape index (κ2) is 8.61. The summed E-state index contributed by atoms with van der Waals surface area (Å²) in [5.74, 6) is -1.18. The molecule has 0 heterocycles. The molecule has 0 aliphatic heterocycles. The van der Waals surface area contributed by atoms with E-state index in [1.165, 1.54) is 6.92 Å². The van der Waals surface area contributed by atoms with Crippen LogP contribution in [0.4, 0.5) is 5.69 Å². The van der Waals surface area contributed by atoms with Crippen molar-refractivity contribution in [2.24, 2.45) is 5.73 Å². The largest absolute Gasteiger partial charge is 0.368 e. The van der Waals surface area contributed by atoms with E-state index in [1.807, 2.05) is 24.3 Å². The van der Waals surface area contributed by atoms with E-state index in [0.717, 1.165) is 9.13 Å². The summed E-state index contributed by atoms with van der Waals surface area (Å²) in [4.78, 5) is 35.1. The second-order valence-corrected chi connectivity index (χ2v) is 6.64. The summed E-state index contributed by atoms with van der Waals surface area (Å²) in [6.45, 7) is 1.41. The number of anilines is 1. The van der Waals surface area contributed by atoms with Gasteiger partial charge in [0, 0.05) is 28.2 Å². The van der Waals surface area contributed by atoms with Gasteiger partial charge in [-0.15, -0.1) is 0 Å². The SMILES string of the molecule is CC(=O)Nc1ccc(C(=O)N[C@@H](Cc2ccccc2I)C(N)=O)cc1. The number of halogens is 1. The summed E-state index contributed by atoms with van der Waals surface area (Å²) in [5.41, 5.74) is 7.34. The van der Waals surface area contributed by atoms with Gasteiger partial charge in [-0.25, -0.2) is 0 Å². The van der Waals surface area contributed by atoms with Crippen LogP contribution in [0.2, 0.25) is 0 Å². The number of benzene rings is 2. The fourth-order valence-corrected chi connectivity index (χ4v) is 2.86. The van der Waals surface area contributed by atoms with Crippen LogP contribution >= 0.6 is 22.6 Å². The molecule has 0 aromatic heterocycles. The van der Waals surface area contributed by atoms with Crippen molar-refractivity contribution in [3.8, 4) is 0 Å². The molecule has 7 heteroatoms. The Hall–Kier alpha value is -2.42. The summed E-state index contributed by atoms with van der Waals surface area (Å²) in [6.07, 6.45) is 0.324. The Morgan fingerprint density at radius 3 is 2.28 bits per heavy atom. The second-order valence-electron chi connectivity index (χ2n) is 5.48. The Morgan fingerprint density at radius 1 is 1.08 bits per heavy atom. The van der Waals surface area contributed by atoms with Gasteiger partial charge in [0.15, 0.2) is 0 Å². The molecule has 0 aliphatic rings. The molecule has 0 unspecified atom stereocenters. The molecule has 2 aromatic rings. The van der Waals surface area contributed by atoms with Crippen molar-refractivity contribution in [2.75, 3.05) is 5.32 Å². The highest BCUT2D eigenvalue weighted by Gasteiger charge is 2.20. The lowest BCUT2D eigenvalue weighted by molar-refractivity contribution is -0.119. The van der Waals surface area contributed by atoms with Gasteiger partial charge in [0.1, 0.15) is 6.04 Å². The Kier molecular flexibility index (Phi) is 6.51. The lowest BCUT2D eigenvalue weighted by Gasteiger charge is -2.16. The molecule has 0 aliphatic carbocycles. The van der Waals surface area contributed by atoms with Gasteiger partial charge in [0.25, 0.3) is 5.91 Å². The molecule has 0 radical (unpaired) electrons. The zero-order chi connectivity index (χ0) is 18.4. The van der Waals surface area contributed by atoms with E-state index >= 15 is 0 Å². The summed E-state index contributed by atoms with van der Waals surface area (Å²) in [7, 11) is 0. The first kappa shape index (κ1) is 18.9. The van der Waals surface area contributed by atoms with E-state index in [1.54, 1.807) is 24.3 Å². The van der Waals surface area contributed by atoms with Crippen molar-refractivity contribution in [3.63, 3.8) is 0 Å². The van der Waals surface area contributed by atoms with Gasteiger partial charge < -0.3 is 16.4 Å². The standard InChI is InChI=1S/C18H18IN3O3/c1-11(23)21-14-8-6-12(7-9-14)18(25)22-16(17(20)24)10-13-4-2-3-5-15(13)19/h2-9,16H,10H2,1H3,(H2,20,24)(H,21,23)(H,22,25)/t16-/m0/s1. The third-order valence-electron chi connectivity index (χ3n) is 3.50. The van der Waals surface area contributed by atoms with E-state index in [0.29, 0.717) is 17.7 Å². The predicted octanol–water partition coefficient (Wildman–Crippen LogP) is 2.08. The zero-order valence-corrected chi connectivity index (χ0v) is 15.7. The van der Waals surface area contributed by atoms with E-state index in [9.17, 15) is 14.4 Å². The molecule has 25 heavy (non-hydrogen) atoms. The molecule has 0 saturated carbocycles. The van der Waals surface area contributed by atoms with Crippen molar-refractivity contribution in [1.82, 2.24) is 5.32 Å². The molecule has 0 saturated heterocycles. The summed E-state index contributed by atoms with van der Waals surface area (Å²) < 4.78 is 1.00. The van der Waals surface area contributed by atoms with Gasteiger partial charge in [0.2, 0.25) is 11.8 Å². The zero-order valence-electron chi connectivity index (χ0n) is 13.6. The van der Waals surface area contributed by atoms with Crippen LogP contribution in [-0.4, -0.2) is 23.8 Å². The maximum Gasteiger partial charge on any atom is 0.251 e. The summed E-state index contributed by atoms with van der Waals surface area (Å²) in [6, 6.07) is 13.2.